The van der Waals surface area contributed by atoms with Gasteiger partial charge in [0.05, 0.1) is 6.34 Å². The first-order chi connectivity index (χ1) is 6.44. The Balaban J connectivity index is 3.32. The van der Waals surface area contributed by atoms with Crippen LogP contribution in [-0.2, 0) is 4.79 Å². The van der Waals surface area contributed by atoms with Crippen LogP contribution < -0.4 is 5.32 Å². The summed E-state index contributed by atoms with van der Waals surface area (Å²) < 4.78 is 0. The fourth-order valence-corrected chi connectivity index (χ4v) is 0.915. The molecule has 1 atom stereocenters. The van der Waals surface area contributed by atoms with Gasteiger partial charge in [0.15, 0.2) is 0 Å². The second-order valence-corrected chi connectivity index (χ2v) is 2.37. The Hall–Kier alpha value is -2.10. The van der Waals surface area contributed by atoms with Crippen molar-refractivity contribution in [2.45, 2.75) is 11.9 Å². The fourth-order valence-electron chi connectivity index (χ4n) is 0.915. The summed E-state index contributed by atoms with van der Waals surface area (Å²) in [5.41, 5.74) is -3.35. The molecule has 76 valence electrons. The molecule has 1 aliphatic rings. The molecule has 14 heavy (non-hydrogen) atoms. The molecule has 0 saturated carbocycles. The van der Waals surface area contributed by atoms with E-state index in [0.29, 0.717) is 6.34 Å². The second kappa shape index (κ2) is 2.99. The third-order valence-corrected chi connectivity index (χ3v) is 1.66. The average Bonchev–Trinajstić information content (AvgIpc) is 2.02. The van der Waals surface area contributed by atoms with E-state index in [0.717, 1.165) is 0 Å². The Morgan fingerprint density at radius 3 is 2.29 bits per heavy atom. The van der Waals surface area contributed by atoms with Crippen molar-refractivity contribution in [3.63, 3.8) is 0 Å². The van der Waals surface area contributed by atoms with E-state index in [1.54, 1.807) is 5.32 Å². The van der Waals surface area contributed by atoms with Gasteiger partial charge in [-0.3, -0.25) is 25.0 Å². The predicted octanol–water partition coefficient (Wildman–Crippen LogP) is -2.29. The molecule has 1 rings (SSSR count). The van der Waals surface area contributed by atoms with Gasteiger partial charge in [-0.1, -0.05) is 0 Å². The largest absolute Gasteiger partial charge is 0.580 e. The Labute approximate surface area is 75.5 Å². The van der Waals surface area contributed by atoms with Crippen molar-refractivity contribution >= 4 is 12.2 Å². The van der Waals surface area contributed by atoms with E-state index in [4.69, 9.17) is 5.11 Å². The summed E-state index contributed by atoms with van der Waals surface area (Å²) in [5.74, 6) is -1.53. The van der Waals surface area contributed by atoms with E-state index in [1.165, 1.54) is 0 Å². The van der Waals surface area contributed by atoms with Crippen molar-refractivity contribution < 1.29 is 19.7 Å². The molecule has 0 aliphatic carbocycles. The number of aliphatic hydroxyl groups excluding tert-OH is 1. The molecule has 0 aromatic heterocycles. The standard InChI is InChI=1S/C4H4N4O6/c9-2-4(7(11)12,8(13)14)3(10)6-1-5-2/h1-2,9H,(H,5,6,10). The van der Waals surface area contributed by atoms with E-state index in [1.807, 2.05) is 0 Å². The summed E-state index contributed by atoms with van der Waals surface area (Å²) in [6.07, 6.45) is -1.67. The molecule has 0 radical (unpaired) electrons. The maximum atomic E-state index is 11.0. The lowest BCUT2D eigenvalue weighted by Gasteiger charge is -2.20. The van der Waals surface area contributed by atoms with Gasteiger partial charge < -0.3 is 10.4 Å². The van der Waals surface area contributed by atoms with Crippen molar-refractivity contribution in [2.75, 3.05) is 0 Å². The van der Waals surface area contributed by atoms with Crippen molar-refractivity contribution in [3.8, 4) is 0 Å². The van der Waals surface area contributed by atoms with E-state index in [-0.39, 0.29) is 0 Å². The van der Waals surface area contributed by atoms with E-state index >= 15 is 0 Å². The second-order valence-electron chi connectivity index (χ2n) is 2.37. The maximum Gasteiger partial charge on any atom is 0.580 e. The number of nitro groups is 2. The zero-order chi connectivity index (χ0) is 10.9. The molecule has 1 heterocycles. The van der Waals surface area contributed by atoms with Gasteiger partial charge in [-0.25, -0.2) is 4.99 Å². The van der Waals surface area contributed by atoms with Crippen LogP contribution in [0.5, 0.6) is 0 Å². The minimum Gasteiger partial charge on any atom is -0.360 e. The van der Waals surface area contributed by atoms with Crippen LogP contribution in [0.1, 0.15) is 0 Å². The van der Waals surface area contributed by atoms with Crippen LogP contribution in [0.15, 0.2) is 4.99 Å². The molecule has 10 nitrogen and oxygen atoms in total. The molecule has 0 saturated heterocycles. The third-order valence-electron chi connectivity index (χ3n) is 1.66. The molecule has 0 aromatic rings. The number of carbonyl (C=O) groups is 1. The first-order valence-corrected chi connectivity index (χ1v) is 3.23. The number of aliphatic hydroxyl groups is 1. The highest BCUT2D eigenvalue weighted by molar-refractivity contribution is 5.94. The lowest BCUT2D eigenvalue weighted by molar-refractivity contribution is -0.785. The van der Waals surface area contributed by atoms with Crippen LogP contribution in [0.25, 0.3) is 0 Å². The normalized spacial score (nSPS) is 24.1. The highest BCUT2D eigenvalue weighted by Crippen LogP contribution is 2.19. The Kier molecular flexibility index (Phi) is 2.13. The van der Waals surface area contributed by atoms with Gasteiger partial charge in [-0.2, -0.15) is 0 Å². The summed E-state index contributed by atoms with van der Waals surface area (Å²) in [6, 6.07) is 0. The molecule has 1 amide bonds. The number of hydrogen-bond donors (Lipinski definition) is 2. The van der Waals surface area contributed by atoms with Gasteiger partial charge >= 0.3 is 17.8 Å². The summed E-state index contributed by atoms with van der Waals surface area (Å²) in [7, 11) is 0. The fraction of sp³-hybridized carbons (Fsp3) is 0.500. The van der Waals surface area contributed by atoms with E-state index in [2.05, 4.69) is 4.99 Å². The van der Waals surface area contributed by atoms with Gasteiger partial charge in [0.25, 0.3) is 0 Å². The highest BCUT2D eigenvalue weighted by atomic mass is 16.7. The number of hydrogen-bond acceptors (Lipinski definition) is 7. The first-order valence-electron chi connectivity index (χ1n) is 3.23. The highest BCUT2D eigenvalue weighted by Gasteiger charge is 2.72. The van der Waals surface area contributed by atoms with Crippen LogP contribution in [0.4, 0.5) is 0 Å². The molecule has 1 aliphatic heterocycles. The Bertz CT molecular complexity index is 323. The van der Waals surface area contributed by atoms with Crippen LogP contribution >= 0.6 is 0 Å². The number of amides is 1. The molecule has 1 unspecified atom stereocenters. The number of nitrogens with one attached hydrogen (secondary N) is 1. The number of aliphatic imine (C=N–C) groups is 1. The molecule has 0 bridgehead atoms. The molecular weight excluding hydrogens is 200 g/mol. The van der Waals surface area contributed by atoms with Crippen LogP contribution in [0.3, 0.4) is 0 Å². The SMILES string of the molecule is O=C1NC=NC(O)C1([N+](=O)[O-])[N+](=O)[O-]. The smallest absolute Gasteiger partial charge is 0.360 e. The summed E-state index contributed by atoms with van der Waals surface area (Å²) in [4.78, 5) is 31.8. The molecule has 0 spiro atoms. The van der Waals surface area contributed by atoms with Crippen molar-refractivity contribution in [2.24, 2.45) is 4.99 Å². The Morgan fingerprint density at radius 2 is 2.00 bits per heavy atom. The average molecular weight is 204 g/mol. The number of carbonyl (C=O) groups excluding carboxylic acids is 1. The van der Waals surface area contributed by atoms with E-state index in [9.17, 15) is 25.0 Å². The summed E-state index contributed by atoms with van der Waals surface area (Å²) >= 11 is 0. The predicted molar refractivity (Wildman–Crippen MR) is 39.4 cm³/mol. The van der Waals surface area contributed by atoms with Crippen LogP contribution in [0, 0.1) is 20.2 Å². The van der Waals surface area contributed by atoms with Gasteiger partial charge in [0.2, 0.25) is 0 Å². The molecule has 10 heteroatoms. The molecular formula is C4H4N4O6. The minimum absolute atomic E-state index is 0.665. The van der Waals surface area contributed by atoms with Gasteiger partial charge in [0.1, 0.15) is 9.85 Å². The van der Waals surface area contributed by atoms with Gasteiger partial charge in [-0.15, -0.1) is 0 Å². The molecule has 2 N–H and O–H groups in total. The van der Waals surface area contributed by atoms with Crippen LogP contribution in [-0.4, -0.2) is 39.1 Å². The monoisotopic (exact) mass is 204 g/mol. The van der Waals surface area contributed by atoms with Crippen LogP contribution in [0.2, 0.25) is 0 Å². The zero-order valence-electron chi connectivity index (χ0n) is 6.48. The van der Waals surface area contributed by atoms with Gasteiger partial charge in [0, 0.05) is 0 Å². The van der Waals surface area contributed by atoms with Crippen molar-refractivity contribution in [3.05, 3.63) is 20.2 Å². The van der Waals surface area contributed by atoms with Crippen molar-refractivity contribution in [1.29, 1.82) is 0 Å². The minimum atomic E-state index is -3.35. The lowest BCUT2D eigenvalue weighted by atomic mass is 10.1. The number of rotatable bonds is 2. The van der Waals surface area contributed by atoms with E-state index < -0.39 is 27.6 Å². The third kappa shape index (κ3) is 1.01. The quantitative estimate of drug-likeness (QED) is 0.294. The lowest BCUT2D eigenvalue weighted by Crippen LogP contribution is -2.66. The molecule has 0 aromatic carbocycles. The number of nitrogens with zero attached hydrogens (tertiary/aromatic N) is 3. The molecule has 0 fully saturated rings. The zero-order valence-corrected chi connectivity index (χ0v) is 6.48. The summed E-state index contributed by atoms with van der Waals surface area (Å²) in [6.45, 7) is 0. The van der Waals surface area contributed by atoms with Gasteiger partial charge in [-0.05, 0) is 0 Å². The Morgan fingerprint density at radius 1 is 1.50 bits per heavy atom. The topological polar surface area (TPSA) is 148 Å². The maximum absolute atomic E-state index is 11.0. The van der Waals surface area contributed by atoms with Crippen molar-refractivity contribution in [1.82, 2.24) is 5.32 Å². The first kappa shape index (κ1) is 9.98. The summed E-state index contributed by atoms with van der Waals surface area (Å²) in [5, 5.41) is 31.5.